The van der Waals surface area contributed by atoms with Crippen LogP contribution in [0.5, 0.6) is 0 Å². The van der Waals surface area contributed by atoms with E-state index in [4.69, 9.17) is 188 Å². The monoisotopic (exact) mass is 1090 g/mol. The molecule has 18 N–H and O–H groups in total. The molecule has 0 bridgehead atoms. The van der Waals surface area contributed by atoms with E-state index < -0.39 is 0 Å². The summed E-state index contributed by atoms with van der Waals surface area (Å²) in [7, 11) is 0. The Labute approximate surface area is 427 Å². The first-order valence-electron chi connectivity index (χ1n) is 15.9. The molecule has 0 aliphatic heterocycles. The van der Waals surface area contributed by atoms with Gasteiger partial charge in [0.05, 0.1) is 0 Å². The number of hydrogen-bond acceptors (Lipinski definition) is 20. The Morgan fingerprint density at radius 1 is 0.210 bits per heavy atom. The van der Waals surface area contributed by atoms with Crippen LogP contribution in [0.15, 0.2) is 0 Å². The van der Waals surface area contributed by atoms with Gasteiger partial charge in [-0.25, -0.2) is 0 Å². The number of hydrogen-bond donors (Lipinski definition) is 8. The van der Waals surface area contributed by atoms with Crippen LogP contribution < -0.4 is 45.9 Å². The first-order chi connectivity index (χ1) is 27.2. The molecule has 3 radical (unpaired) electrons. The molecule has 8 unspecified atom stereocenters. The van der Waals surface area contributed by atoms with Crippen molar-refractivity contribution < 1.29 is 85.3 Å². The zero-order valence-electron chi connectivity index (χ0n) is 34.1. The van der Waals surface area contributed by atoms with Gasteiger partial charge in [-0.05, 0) is 51.4 Å². The Hall–Kier alpha value is -3.88. The molecule has 4 rings (SSSR count). The summed E-state index contributed by atoms with van der Waals surface area (Å²) in [6.07, 6.45) is 19.2. The van der Waals surface area contributed by atoms with Crippen LogP contribution in [0, 0.1) is 142 Å². The molecule has 0 saturated heterocycles. The van der Waals surface area contributed by atoms with E-state index >= 15 is 0 Å². The van der Waals surface area contributed by atoms with Gasteiger partial charge in [-0.2, -0.15) is 0 Å². The second kappa shape index (κ2) is 138. The van der Waals surface area contributed by atoms with Crippen LogP contribution in [0.1, 0.15) is 103 Å². The predicted octanol–water partition coefficient (Wildman–Crippen LogP) is 2.72. The SMILES string of the molecule is NC1CCCCC1N.NC1CCCCC1N.NC1CCCCC1N.NC1CCCCC1N.[C-]#N.[C-]#N.[C-]#N.[C-]#N.[C-]#N.[C-]#N.[C-]#N.[C-]#N.[C-]#N.[C-]#N.[C-]#N.[C-]#N.[Cu].[Cu].[Cu].[Fe+6].[Fe+6].[NH2-]. The molecule has 4 aliphatic carbocycles. The fourth-order valence-corrected chi connectivity index (χ4v) is 4.75. The minimum absolute atomic E-state index is 0. The van der Waals surface area contributed by atoms with Gasteiger partial charge in [0, 0.05) is 99.5 Å². The summed E-state index contributed by atoms with van der Waals surface area (Å²) in [6.45, 7) is 57.0. The molecule has 4 aliphatic rings. The largest absolute Gasteiger partial charge is 6.00 e. The molecule has 4 saturated carbocycles. The maximum Gasteiger partial charge on any atom is 6.00 e. The molecule has 21 nitrogen and oxygen atoms in total. The fourth-order valence-electron chi connectivity index (χ4n) is 4.75. The Morgan fingerprint density at radius 3 is 0.290 bits per heavy atom. The van der Waals surface area contributed by atoms with Crippen LogP contribution >= 0.6 is 0 Å². The zero-order valence-corrected chi connectivity index (χ0v) is 39.1. The van der Waals surface area contributed by atoms with Gasteiger partial charge in [-0.15, -0.1) is 0 Å². The normalized spacial score (nSPS) is 20.9. The molecule has 0 amide bonds. The van der Waals surface area contributed by atoms with Crippen LogP contribution in [-0.2, 0) is 85.3 Å². The zero-order chi connectivity index (χ0) is 47.9. The molecule has 26 heteroatoms. The molecule has 62 heavy (non-hydrogen) atoms. The average Bonchev–Trinajstić information content (AvgIpc) is 3.31. The first kappa shape index (κ1) is 118. The predicted molar refractivity (Wildman–Crippen MR) is 203 cm³/mol. The Kier molecular flexibility index (Phi) is 262. The first-order valence-corrected chi connectivity index (χ1v) is 15.9. The molecule has 0 heterocycles. The smallest absolute Gasteiger partial charge is 0.693 e. The molecule has 0 spiro atoms. The van der Waals surface area contributed by atoms with Crippen LogP contribution in [0.4, 0.5) is 0 Å². The number of rotatable bonds is 0. The van der Waals surface area contributed by atoms with Crippen LogP contribution in [0.25, 0.3) is 6.15 Å². The summed E-state index contributed by atoms with van der Waals surface area (Å²) >= 11 is 0. The quantitative estimate of drug-likeness (QED) is 0.128. The van der Waals surface area contributed by atoms with Crippen LogP contribution in [-0.4, -0.2) is 48.3 Å². The summed E-state index contributed by atoms with van der Waals surface area (Å²) < 4.78 is 0. The van der Waals surface area contributed by atoms with Crippen molar-refractivity contribution in [3.05, 3.63) is 85.0 Å². The topological polar surface area (TPSA) is 527 Å². The van der Waals surface area contributed by atoms with Gasteiger partial charge in [0.25, 0.3) is 0 Å². The standard InChI is InChI=1S/4C6H14N2.12CN.3Cu.2Fe.H2N/c4*7-5-3-1-2-4-6(5)8;12*1-2;;;;;;/h4*5-6H,1-4,7-8H2;;;;;;;;;;;;;;;;;;1H2/q;;;;12*-1;;;;2*+6;-1. The molecular weight excluding hydrogens is 1030 g/mol. The third-order valence-corrected chi connectivity index (χ3v) is 7.50. The van der Waals surface area contributed by atoms with Gasteiger partial charge in [-0.3, -0.25) is 0 Å². The van der Waals surface area contributed by atoms with E-state index in [0.717, 1.165) is 51.4 Å². The Morgan fingerprint density at radius 2 is 0.258 bits per heavy atom. The molecule has 357 valence electrons. The van der Waals surface area contributed by atoms with Crippen LogP contribution in [0.3, 0.4) is 0 Å². The number of nitrogens with two attached hydrogens (primary N) is 9. The van der Waals surface area contributed by atoms with Crippen molar-refractivity contribution in [2.45, 2.75) is 151 Å². The second-order valence-corrected chi connectivity index (χ2v) is 10.4. The van der Waals surface area contributed by atoms with Gasteiger partial charge >= 0.3 is 34.1 Å². The summed E-state index contributed by atoms with van der Waals surface area (Å²) in [6, 6.07) is 2.25. The van der Waals surface area contributed by atoms with Crippen LogP contribution in [0.2, 0.25) is 0 Å². The molecule has 4 fully saturated rings. The minimum atomic E-state index is 0. The fraction of sp³-hybridized carbons (Fsp3) is 0.667. The summed E-state index contributed by atoms with van der Waals surface area (Å²) in [4.78, 5) is 0. The third kappa shape index (κ3) is 106. The van der Waals surface area contributed by atoms with E-state index in [-0.39, 0.29) is 140 Å². The van der Waals surface area contributed by atoms with Crippen molar-refractivity contribution in [3.8, 4) is 0 Å². The van der Waals surface area contributed by atoms with Gasteiger partial charge < -0.3 is 194 Å². The molecule has 0 aromatic carbocycles. The van der Waals surface area contributed by atoms with Crippen molar-refractivity contribution in [1.29, 1.82) is 63.1 Å². The van der Waals surface area contributed by atoms with E-state index in [0.29, 0.717) is 0 Å². The third-order valence-electron chi connectivity index (χ3n) is 7.50. The Balaban J connectivity index is -0.0000000218. The van der Waals surface area contributed by atoms with Gasteiger partial charge in [0.2, 0.25) is 0 Å². The average molecular weight is 1090 g/mol. The minimum Gasteiger partial charge on any atom is -0.693 e. The second-order valence-electron chi connectivity index (χ2n) is 10.4. The van der Waals surface area contributed by atoms with Crippen molar-refractivity contribution in [2.75, 3.05) is 0 Å². The summed E-state index contributed by atoms with van der Waals surface area (Å²) in [5.74, 6) is 0. The molecule has 0 aromatic rings. The molecule has 8 atom stereocenters. The van der Waals surface area contributed by atoms with Gasteiger partial charge in [0.15, 0.2) is 0 Å². The number of nitrogens with zero attached hydrogens (tertiary/aromatic N) is 12. The van der Waals surface area contributed by atoms with E-state index in [1.165, 1.54) is 51.4 Å². The van der Waals surface area contributed by atoms with Crippen molar-refractivity contribution >= 4 is 0 Å². The maximum atomic E-state index is 6.25. The van der Waals surface area contributed by atoms with Gasteiger partial charge in [-0.1, -0.05) is 51.4 Å². The van der Waals surface area contributed by atoms with Crippen molar-refractivity contribution in [1.82, 2.24) is 0 Å². The van der Waals surface area contributed by atoms with E-state index in [2.05, 4.69) is 0 Å². The summed E-state index contributed by atoms with van der Waals surface area (Å²) in [5.41, 5.74) is 45.2. The van der Waals surface area contributed by atoms with Crippen molar-refractivity contribution in [3.63, 3.8) is 0 Å². The molecule has 0 aromatic heterocycles. The van der Waals surface area contributed by atoms with Gasteiger partial charge in [0.1, 0.15) is 0 Å². The Bertz CT molecular complexity index is 728. The van der Waals surface area contributed by atoms with E-state index in [1.807, 2.05) is 0 Å². The summed E-state index contributed by atoms with van der Waals surface area (Å²) in [5, 5.41) is 75.0. The molecular formula is C36H58Cu3Fe2N21-. The van der Waals surface area contributed by atoms with E-state index in [1.54, 1.807) is 0 Å². The van der Waals surface area contributed by atoms with Crippen molar-refractivity contribution in [2.24, 2.45) is 45.9 Å². The maximum absolute atomic E-state index is 6.25. The van der Waals surface area contributed by atoms with E-state index in [9.17, 15) is 0 Å².